The van der Waals surface area contributed by atoms with Crippen molar-refractivity contribution in [1.82, 2.24) is 30.1 Å². The van der Waals surface area contributed by atoms with Crippen LogP contribution in [-0.4, -0.2) is 49.3 Å². The average Bonchev–Trinajstić information content (AvgIpc) is 3.19. The number of hydrogen-bond acceptors (Lipinski definition) is 6. The molecule has 2 rings (SSSR count). The van der Waals surface area contributed by atoms with E-state index in [0.29, 0.717) is 23.3 Å². The summed E-state index contributed by atoms with van der Waals surface area (Å²) < 4.78 is 28.4. The quantitative estimate of drug-likeness (QED) is 0.223. The first kappa shape index (κ1) is 20.8. The molecule has 0 amide bonds. The first-order chi connectivity index (χ1) is 11.0. The highest BCUT2D eigenvalue weighted by Crippen LogP contribution is 2.14. The highest BCUT2D eigenvalue weighted by Gasteiger charge is 2.13. The van der Waals surface area contributed by atoms with Gasteiger partial charge in [0.05, 0.1) is 6.54 Å². The van der Waals surface area contributed by atoms with Gasteiger partial charge in [-0.25, -0.2) is 18.1 Å². The summed E-state index contributed by atoms with van der Waals surface area (Å²) in [4.78, 5) is 8.16. The Morgan fingerprint density at radius 1 is 1.38 bits per heavy atom. The van der Waals surface area contributed by atoms with Crippen molar-refractivity contribution in [3.8, 4) is 0 Å². The SMILES string of the molecule is CN=C(NCCNS(=O)(=O)c1cccs1)NCc1ncnn1C.I. The molecule has 0 aliphatic heterocycles. The van der Waals surface area contributed by atoms with Gasteiger partial charge in [-0.05, 0) is 11.4 Å². The second kappa shape index (κ2) is 9.90. The van der Waals surface area contributed by atoms with Crippen LogP contribution in [0.1, 0.15) is 5.82 Å². The van der Waals surface area contributed by atoms with Crippen LogP contribution in [0.15, 0.2) is 33.0 Å². The standard InChI is InChI=1S/C12H19N7O2S2.HI/c1-13-12(15-8-10-16-9-17-19(10)2)14-5-6-18-23(20,21)11-4-3-7-22-11;/h3-4,7,9,18H,5-6,8H2,1-2H3,(H2,13,14,15);1H. The van der Waals surface area contributed by atoms with Crippen LogP contribution in [0.25, 0.3) is 0 Å². The molecule has 0 aliphatic carbocycles. The molecule has 0 saturated heterocycles. The topological polar surface area (TPSA) is 113 Å². The maximum absolute atomic E-state index is 11.9. The zero-order chi connectivity index (χ0) is 16.7. The van der Waals surface area contributed by atoms with E-state index in [2.05, 4.69) is 30.4 Å². The Balaban J connectivity index is 0.00000288. The fraction of sp³-hybridized carbons (Fsp3) is 0.417. The smallest absolute Gasteiger partial charge is 0.250 e. The number of aliphatic imine (C=N–C) groups is 1. The minimum absolute atomic E-state index is 0. The third-order valence-corrected chi connectivity index (χ3v) is 5.77. The summed E-state index contributed by atoms with van der Waals surface area (Å²) in [6.07, 6.45) is 1.48. The van der Waals surface area contributed by atoms with Gasteiger partial charge in [0.2, 0.25) is 10.0 Å². The van der Waals surface area contributed by atoms with Crippen molar-refractivity contribution in [2.45, 2.75) is 10.8 Å². The second-order valence-electron chi connectivity index (χ2n) is 4.48. The van der Waals surface area contributed by atoms with Crippen LogP contribution >= 0.6 is 35.3 Å². The van der Waals surface area contributed by atoms with E-state index in [-0.39, 0.29) is 30.5 Å². The van der Waals surface area contributed by atoms with E-state index in [1.54, 1.807) is 36.3 Å². The second-order valence-corrected chi connectivity index (χ2v) is 7.42. The van der Waals surface area contributed by atoms with E-state index in [9.17, 15) is 8.42 Å². The monoisotopic (exact) mass is 485 g/mol. The van der Waals surface area contributed by atoms with Gasteiger partial charge >= 0.3 is 0 Å². The molecule has 0 bridgehead atoms. The van der Waals surface area contributed by atoms with Crippen molar-refractivity contribution in [1.29, 1.82) is 0 Å². The summed E-state index contributed by atoms with van der Waals surface area (Å²) >= 11 is 1.18. The molecular weight excluding hydrogens is 465 g/mol. The molecule has 0 aliphatic rings. The number of guanidine groups is 1. The zero-order valence-corrected chi connectivity index (χ0v) is 17.2. The van der Waals surface area contributed by atoms with Gasteiger partial charge in [0.25, 0.3) is 0 Å². The van der Waals surface area contributed by atoms with Gasteiger partial charge in [-0.15, -0.1) is 35.3 Å². The Hall–Kier alpha value is -1.25. The van der Waals surface area contributed by atoms with Gasteiger partial charge in [0, 0.05) is 27.2 Å². The normalized spacial score (nSPS) is 11.8. The van der Waals surface area contributed by atoms with Crippen molar-refractivity contribution in [3.63, 3.8) is 0 Å². The molecule has 12 heteroatoms. The first-order valence-electron chi connectivity index (χ1n) is 6.83. The number of hydrogen-bond donors (Lipinski definition) is 3. The summed E-state index contributed by atoms with van der Waals surface area (Å²) in [6, 6.07) is 3.28. The molecule has 2 aromatic heterocycles. The van der Waals surface area contributed by atoms with Crippen LogP contribution in [0.2, 0.25) is 0 Å². The molecular formula is C12H20IN7O2S2. The minimum atomic E-state index is -3.43. The lowest BCUT2D eigenvalue weighted by Crippen LogP contribution is -2.41. The molecule has 134 valence electrons. The van der Waals surface area contributed by atoms with Crippen LogP contribution < -0.4 is 15.4 Å². The summed E-state index contributed by atoms with van der Waals surface area (Å²) in [5.74, 6) is 1.33. The Kier molecular flexibility index (Phi) is 8.58. The van der Waals surface area contributed by atoms with Crippen LogP contribution in [0, 0.1) is 0 Å². The van der Waals surface area contributed by atoms with Gasteiger partial charge in [0.15, 0.2) is 5.96 Å². The zero-order valence-electron chi connectivity index (χ0n) is 13.3. The molecule has 3 N–H and O–H groups in total. The molecule has 2 heterocycles. The van der Waals surface area contributed by atoms with Crippen LogP contribution in [0.4, 0.5) is 0 Å². The molecule has 24 heavy (non-hydrogen) atoms. The van der Waals surface area contributed by atoms with E-state index < -0.39 is 10.0 Å². The lowest BCUT2D eigenvalue weighted by molar-refractivity contribution is 0.582. The molecule has 9 nitrogen and oxygen atoms in total. The predicted molar refractivity (Wildman–Crippen MR) is 104 cm³/mol. The number of nitrogens with one attached hydrogen (secondary N) is 3. The fourth-order valence-electron chi connectivity index (χ4n) is 1.72. The number of nitrogens with zero attached hydrogens (tertiary/aromatic N) is 4. The van der Waals surface area contributed by atoms with Crippen LogP contribution in [-0.2, 0) is 23.6 Å². The van der Waals surface area contributed by atoms with Crippen LogP contribution in [0.3, 0.4) is 0 Å². The van der Waals surface area contributed by atoms with Gasteiger partial charge in [-0.3, -0.25) is 9.67 Å². The van der Waals surface area contributed by atoms with E-state index in [0.717, 1.165) is 5.82 Å². The molecule has 0 radical (unpaired) electrons. The third kappa shape index (κ3) is 5.99. The minimum Gasteiger partial charge on any atom is -0.355 e. The largest absolute Gasteiger partial charge is 0.355 e. The Bertz CT molecular complexity index is 743. The Morgan fingerprint density at radius 2 is 2.17 bits per heavy atom. The van der Waals surface area contributed by atoms with Gasteiger partial charge < -0.3 is 10.6 Å². The van der Waals surface area contributed by atoms with Gasteiger partial charge in [-0.1, -0.05) is 6.07 Å². The fourth-order valence-corrected chi connectivity index (χ4v) is 3.79. The van der Waals surface area contributed by atoms with Crippen LogP contribution in [0.5, 0.6) is 0 Å². The molecule has 2 aromatic rings. The molecule has 0 saturated carbocycles. The summed E-state index contributed by atoms with van der Waals surface area (Å²) in [5, 5.41) is 11.8. The average molecular weight is 485 g/mol. The molecule has 0 atom stereocenters. The van der Waals surface area contributed by atoms with E-state index in [1.807, 2.05) is 0 Å². The summed E-state index contributed by atoms with van der Waals surface area (Å²) in [7, 11) is 0.0175. The number of aromatic nitrogens is 3. The number of thiophene rings is 1. The Labute approximate surface area is 162 Å². The predicted octanol–water partition coefficient (Wildman–Crippen LogP) is 0.138. The van der Waals surface area contributed by atoms with Gasteiger partial charge in [-0.2, -0.15) is 5.10 Å². The number of aryl methyl sites for hydroxylation is 1. The first-order valence-corrected chi connectivity index (χ1v) is 9.20. The number of halogens is 1. The highest BCUT2D eigenvalue weighted by atomic mass is 127. The number of sulfonamides is 1. The highest BCUT2D eigenvalue weighted by molar-refractivity contribution is 14.0. The summed E-state index contributed by atoms with van der Waals surface area (Å²) in [6.45, 7) is 1.13. The number of rotatable bonds is 7. The lowest BCUT2D eigenvalue weighted by Gasteiger charge is -2.11. The Morgan fingerprint density at radius 3 is 2.75 bits per heavy atom. The molecule has 0 fully saturated rings. The van der Waals surface area contributed by atoms with E-state index in [1.165, 1.54) is 17.7 Å². The van der Waals surface area contributed by atoms with Crippen molar-refractivity contribution in [2.24, 2.45) is 12.0 Å². The van der Waals surface area contributed by atoms with Crippen molar-refractivity contribution < 1.29 is 8.42 Å². The lowest BCUT2D eigenvalue weighted by atomic mass is 10.5. The molecule has 0 aromatic carbocycles. The van der Waals surface area contributed by atoms with Gasteiger partial charge in [0.1, 0.15) is 16.4 Å². The third-order valence-electron chi connectivity index (χ3n) is 2.91. The van der Waals surface area contributed by atoms with E-state index in [4.69, 9.17) is 0 Å². The molecule has 0 spiro atoms. The van der Waals surface area contributed by atoms with Crippen molar-refractivity contribution >= 4 is 51.3 Å². The summed E-state index contributed by atoms with van der Waals surface area (Å²) in [5.41, 5.74) is 0. The van der Waals surface area contributed by atoms with Crippen molar-refractivity contribution in [2.75, 3.05) is 20.1 Å². The molecule has 0 unspecified atom stereocenters. The van der Waals surface area contributed by atoms with E-state index >= 15 is 0 Å². The van der Waals surface area contributed by atoms with Crippen molar-refractivity contribution in [3.05, 3.63) is 29.7 Å². The maximum atomic E-state index is 11.9. The maximum Gasteiger partial charge on any atom is 0.250 e.